The number of sulfonamides is 2. The average molecular weight is 1100 g/mol. The Bertz CT molecular complexity index is 4190. The van der Waals surface area contributed by atoms with Gasteiger partial charge in [-0.05, 0) is 130 Å². The van der Waals surface area contributed by atoms with Gasteiger partial charge < -0.3 is 18.6 Å². The number of para-hydroxylation sites is 1. The zero-order valence-electron chi connectivity index (χ0n) is 43.2. The van der Waals surface area contributed by atoms with Crippen LogP contribution in [-0.4, -0.2) is 73.9 Å². The first kappa shape index (κ1) is 52.1. The maximum absolute atomic E-state index is 14.9. The lowest BCUT2D eigenvalue weighted by atomic mass is 9.94. The van der Waals surface area contributed by atoms with Crippen molar-refractivity contribution in [2.75, 3.05) is 19.0 Å². The quantitative estimate of drug-likeness (QED) is 0.0820. The normalized spacial score (nSPS) is 14.2. The molecule has 10 aromatic rings. The van der Waals surface area contributed by atoms with Gasteiger partial charge in [-0.15, -0.1) is 11.3 Å². The number of H-pyrrole nitrogens is 1. The molecule has 1 aliphatic rings. The highest BCUT2D eigenvalue weighted by molar-refractivity contribution is 7.90. The first-order chi connectivity index (χ1) is 37.5. The van der Waals surface area contributed by atoms with Crippen LogP contribution in [0.2, 0.25) is 0 Å². The Labute approximate surface area is 454 Å². The van der Waals surface area contributed by atoms with Gasteiger partial charge in [-0.3, -0.25) is 14.7 Å². The third-order valence-corrected chi connectivity index (χ3v) is 18.2. The fraction of sp³-hybridized carbons (Fsp3) is 0.237. The largest absolute Gasteiger partial charge is 0.490 e. The Morgan fingerprint density at radius 2 is 1.35 bits per heavy atom. The highest BCUT2D eigenvalue weighted by atomic mass is 32.2. The highest BCUT2D eigenvalue weighted by Crippen LogP contribution is 2.42. The van der Waals surface area contributed by atoms with Crippen LogP contribution in [0, 0.1) is 26.7 Å². The van der Waals surface area contributed by atoms with Crippen LogP contribution in [0.15, 0.2) is 137 Å². The average Bonchev–Trinajstić information content (AvgIpc) is 4.37. The Kier molecular flexibility index (Phi) is 14.1. The first-order valence-electron chi connectivity index (χ1n) is 25.5. The van der Waals surface area contributed by atoms with Crippen LogP contribution in [0.3, 0.4) is 0 Å². The number of hydrogen-bond acceptors (Lipinski definition) is 14. The van der Waals surface area contributed by atoms with E-state index in [1.165, 1.54) is 18.3 Å². The topological polar surface area (TPSA) is 222 Å². The van der Waals surface area contributed by atoms with E-state index < -0.39 is 43.7 Å². The number of hydrogen-bond donors (Lipinski definition) is 3. The molecular formula is C59H54N6O10S3. The van der Waals surface area contributed by atoms with Crippen LogP contribution in [-0.2, 0) is 31.2 Å². The van der Waals surface area contributed by atoms with Crippen molar-refractivity contribution in [3.63, 3.8) is 0 Å². The number of nitrogens with one attached hydrogen (secondary N) is 3. The van der Waals surface area contributed by atoms with Crippen molar-refractivity contribution in [3.8, 4) is 33.5 Å². The summed E-state index contributed by atoms with van der Waals surface area (Å²) in [6.45, 7) is 10.8. The molecular weight excluding hydrogens is 1050 g/mol. The molecule has 19 heteroatoms. The molecule has 0 spiro atoms. The number of furan rings is 1. The van der Waals surface area contributed by atoms with Crippen LogP contribution in [0.25, 0.3) is 64.9 Å². The van der Waals surface area contributed by atoms with E-state index in [0.29, 0.717) is 63.2 Å². The van der Waals surface area contributed by atoms with Gasteiger partial charge in [0.25, 0.3) is 21.8 Å². The molecule has 78 heavy (non-hydrogen) atoms. The van der Waals surface area contributed by atoms with Crippen molar-refractivity contribution < 1.29 is 45.1 Å². The van der Waals surface area contributed by atoms with Gasteiger partial charge in [-0.2, -0.15) is 13.5 Å². The summed E-state index contributed by atoms with van der Waals surface area (Å²) in [5.41, 5.74) is 5.46. The smallest absolute Gasteiger partial charge is 0.281 e. The molecule has 0 saturated carbocycles. The third-order valence-electron chi connectivity index (χ3n) is 14.4. The predicted octanol–water partition coefficient (Wildman–Crippen LogP) is 11.5. The van der Waals surface area contributed by atoms with Crippen LogP contribution in [0.4, 0.5) is 0 Å². The summed E-state index contributed by atoms with van der Waals surface area (Å²) in [6.07, 6.45) is 1.95. The Morgan fingerprint density at radius 1 is 0.731 bits per heavy atom. The molecule has 1 aliphatic heterocycles. The number of amides is 2. The number of carbonyl (C=O) groups excluding carboxylic acids is 2. The third kappa shape index (κ3) is 10.2. The van der Waals surface area contributed by atoms with Crippen LogP contribution >= 0.6 is 11.3 Å². The molecule has 1 saturated heterocycles. The first-order valence-corrected chi connectivity index (χ1v) is 29.4. The van der Waals surface area contributed by atoms with E-state index in [0.717, 1.165) is 44.5 Å². The van der Waals surface area contributed by atoms with Gasteiger partial charge in [0, 0.05) is 28.9 Å². The molecule has 0 radical (unpaired) electrons. The molecule has 11 rings (SSSR count). The molecule has 398 valence electrons. The Morgan fingerprint density at radius 3 is 2.03 bits per heavy atom. The number of rotatable bonds is 16. The molecule has 16 nitrogen and oxygen atoms in total. The molecule has 6 heterocycles. The van der Waals surface area contributed by atoms with E-state index in [9.17, 15) is 26.4 Å². The number of aromatic nitrogens is 4. The molecule has 1 fully saturated rings. The van der Waals surface area contributed by atoms with E-state index in [2.05, 4.69) is 19.6 Å². The number of thiophene rings is 1. The number of aryl methyl sites for hydroxylation is 4. The van der Waals surface area contributed by atoms with Gasteiger partial charge in [0.05, 0.1) is 61.6 Å². The summed E-state index contributed by atoms with van der Waals surface area (Å²) in [4.78, 5) is 40.5. The second-order valence-electron chi connectivity index (χ2n) is 19.6. The summed E-state index contributed by atoms with van der Waals surface area (Å²) >= 11 is 1.54. The van der Waals surface area contributed by atoms with E-state index in [1.807, 2.05) is 94.4 Å². The molecule has 5 aromatic heterocycles. The number of nitrogens with zero attached hydrogens (tertiary/aromatic N) is 3. The van der Waals surface area contributed by atoms with E-state index in [-0.39, 0.29) is 57.2 Å². The van der Waals surface area contributed by atoms with Gasteiger partial charge >= 0.3 is 0 Å². The van der Waals surface area contributed by atoms with Gasteiger partial charge in [-0.1, -0.05) is 78.9 Å². The number of carbonyl (C=O) groups is 2. The lowest BCUT2D eigenvalue weighted by Crippen LogP contribution is -2.33. The van der Waals surface area contributed by atoms with E-state index >= 15 is 0 Å². The SMILES string of the molecule is Cc1c(-c2cc(C(=O)NS(=O)(=O)CCc3c(-c4cc(C(=O)NS(=O)(=O)c5ccn[nH]5)c5c(O[C@H](C)c6ccccc6)ccc(C)c5n4)oc4ccccc34)c3c(O[C@H](C)C4CCOCC4)ccc(C)c3n2)sc2ccccc12. The maximum atomic E-state index is 14.9. The summed E-state index contributed by atoms with van der Waals surface area (Å²) < 4.78 is 87.2. The van der Waals surface area contributed by atoms with Gasteiger partial charge in [0.1, 0.15) is 28.9 Å². The standard InChI is InChI=1S/C59H54N6O10S3/c1-33-19-21-48(73-36(4)38-13-7-6-8-14-38)52-43(59(67)65-78(70,71)51-23-27-60-63-51)31-45(61-54(33)52)56-42(41-16-9-11-17-47(41)75-56)26-30-77(68,69)64-58(66)44-32-46(57-35(3)40-15-10-12-18-50(40)76-57)62-55-34(2)20-22-49(53(44)55)74-37(5)39-24-28-72-29-25-39/h6-23,27,31-32,36-37,39H,24-26,28-30H2,1-5H3,(H,60,63)(H,64,66)(H,65,67)/t36-,37-/m1/s1. The number of benzene rings is 5. The maximum Gasteiger partial charge on any atom is 0.281 e. The van der Waals surface area contributed by atoms with E-state index in [1.54, 1.807) is 60.7 Å². The molecule has 5 aromatic carbocycles. The summed E-state index contributed by atoms with van der Waals surface area (Å²) in [7, 11) is -8.90. The summed E-state index contributed by atoms with van der Waals surface area (Å²) in [5.74, 6) is -1.44. The monoisotopic (exact) mass is 1100 g/mol. The predicted molar refractivity (Wildman–Crippen MR) is 301 cm³/mol. The second-order valence-corrected chi connectivity index (χ2v) is 24.1. The number of pyridine rings is 2. The molecule has 2 amide bonds. The fourth-order valence-corrected chi connectivity index (χ4v) is 13.2. The Hall–Kier alpha value is -7.97. The van der Waals surface area contributed by atoms with E-state index in [4.69, 9.17) is 28.6 Å². The lowest BCUT2D eigenvalue weighted by molar-refractivity contribution is 0.0243. The fourth-order valence-electron chi connectivity index (χ4n) is 10.2. The lowest BCUT2D eigenvalue weighted by Gasteiger charge is -2.29. The van der Waals surface area contributed by atoms with Crippen LogP contribution in [0.5, 0.6) is 11.5 Å². The zero-order chi connectivity index (χ0) is 54.5. The van der Waals surface area contributed by atoms with Gasteiger partial charge in [0.2, 0.25) is 10.0 Å². The minimum atomic E-state index is -4.45. The van der Waals surface area contributed by atoms with Gasteiger partial charge in [-0.25, -0.2) is 27.8 Å². The van der Waals surface area contributed by atoms with Crippen molar-refractivity contribution in [2.45, 2.75) is 71.1 Å². The second kappa shape index (κ2) is 21.1. The number of aromatic amines is 1. The minimum absolute atomic E-state index is 0.0837. The van der Waals surface area contributed by atoms with Crippen molar-refractivity contribution in [1.82, 2.24) is 29.6 Å². The van der Waals surface area contributed by atoms with Crippen LogP contribution in [0.1, 0.15) is 81.3 Å². The molecule has 2 atom stereocenters. The highest BCUT2D eigenvalue weighted by Gasteiger charge is 2.31. The summed E-state index contributed by atoms with van der Waals surface area (Å²) in [5, 5.41) is 8.06. The van der Waals surface area contributed by atoms with Crippen LogP contribution < -0.4 is 18.9 Å². The molecule has 0 aliphatic carbocycles. The van der Waals surface area contributed by atoms with Crippen molar-refractivity contribution in [3.05, 3.63) is 166 Å². The number of fused-ring (bicyclic) bond motifs is 4. The summed E-state index contributed by atoms with van der Waals surface area (Å²) in [6, 6.07) is 36.0. The Balaban J connectivity index is 0.974. The molecule has 0 bridgehead atoms. The minimum Gasteiger partial charge on any atom is -0.490 e. The van der Waals surface area contributed by atoms with Crippen molar-refractivity contribution in [1.29, 1.82) is 0 Å². The van der Waals surface area contributed by atoms with Crippen molar-refractivity contribution >= 4 is 86.1 Å². The van der Waals surface area contributed by atoms with Gasteiger partial charge in [0.15, 0.2) is 10.8 Å². The van der Waals surface area contributed by atoms with Crippen molar-refractivity contribution in [2.24, 2.45) is 5.92 Å². The zero-order valence-corrected chi connectivity index (χ0v) is 45.7. The molecule has 3 N–H and O–H groups in total. The number of ether oxygens (including phenoxy) is 3. The molecule has 0 unspecified atom stereocenters.